The maximum Gasteiger partial charge on any atom is -0.0138 e. The van der Waals surface area contributed by atoms with Gasteiger partial charge in [0.1, 0.15) is 0 Å². The molecular formula is C14H26. The summed E-state index contributed by atoms with van der Waals surface area (Å²) >= 11 is 0. The molecule has 0 heteroatoms. The molecule has 0 unspecified atom stereocenters. The van der Waals surface area contributed by atoms with Crippen LogP contribution in [0.5, 0.6) is 0 Å². The molecule has 0 saturated heterocycles. The van der Waals surface area contributed by atoms with E-state index >= 15 is 0 Å². The summed E-state index contributed by atoms with van der Waals surface area (Å²) in [5.74, 6) is 0. The standard InChI is InChI=1S/C10H16.C2H6.C2H4/c1-5-10(4)8-6-7-9(2)3;2*1-2/h6-7H,2,4-5,8H2,1,3H3;1-2H3;1-2H2/b7-6-;;. The third-order valence-corrected chi connectivity index (χ3v) is 1.31. The fourth-order valence-corrected chi connectivity index (χ4v) is 0.571. The summed E-state index contributed by atoms with van der Waals surface area (Å²) in [7, 11) is 0. The monoisotopic (exact) mass is 194 g/mol. The van der Waals surface area contributed by atoms with Crippen molar-refractivity contribution in [2.45, 2.75) is 40.5 Å². The molecule has 0 radical (unpaired) electrons. The van der Waals surface area contributed by atoms with E-state index in [1.54, 1.807) is 0 Å². The van der Waals surface area contributed by atoms with Gasteiger partial charge >= 0.3 is 0 Å². The van der Waals surface area contributed by atoms with Gasteiger partial charge in [-0.3, -0.25) is 0 Å². The highest BCUT2D eigenvalue weighted by Gasteiger charge is 1.83. The highest BCUT2D eigenvalue weighted by atomic mass is 13.9. The van der Waals surface area contributed by atoms with Crippen LogP contribution in [-0.2, 0) is 0 Å². The molecule has 0 N–H and O–H groups in total. The Labute approximate surface area is 90.7 Å². The van der Waals surface area contributed by atoms with Crippen molar-refractivity contribution in [2.75, 3.05) is 0 Å². The van der Waals surface area contributed by atoms with Crippen molar-refractivity contribution in [1.82, 2.24) is 0 Å². The second-order valence-electron chi connectivity index (χ2n) is 2.56. The van der Waals surface area contributed by atoms with Crippen LogP contribution in [0, 0.1) is 0 Å². The molecule has 0 aromatic rings. The molecule has 0 bridgehead atoms. The van der Waals surface area contributed by atoms with Crippen molar-refractivity contribution in [3.05, 3.63) is 49.6 Å². The normalized spacial score (nSPS) is 8.00. The summed E-state index contributed by atoms with van der Waals surface area (Å²) in [6.07, 6.45) is 6.19. The lowest BCUT2D eigenvalue weighted by Crippen LogP contribution is -1.73. The molecular weight excluding hydrogens is 168 g/mol. The first kappa shape index (κ1) is 18.7. The van der Waals surface area contributed by atoms with E-state index in [1.807, 2.05) is 26.8 Å². The summed E-state index contributed by atoms with van der Waals surface area (Å²) in [5, 5.41) is 0. The molecule has 0 amide bonds. The van der Waals surface area contributed by atoms with Crippen LogP contribution in [0.25, 0.3) is 0 Å². The van der Waals surface area contributed by atoms with Crippen molar-refractivity contribution in [3.63, 3.8) is 0 Å². The van der Waals surface area contributed by atoms with Gasteiger partial charge in [0.2, 0.25) is 0 Å². The summed E-state index contributed by atoms with van der Waals surface area (Å²) in [5.41, 5.74) is 2.38. The highest BCUT2D eigenvalue weighted by Crippen LogP contribution is 2.04. The van der Waals surface area contributed by atoms with E-state index in [-0.39, 0.29) is 0 Å². The Morgan fingerprint density at radius 2 is 1.57 bits per heavy atom. The molecule has 0 fully saturated rings. The molecule has 0 aromatic carbocycles. The molecule has 0 heterocycles. The van der Waals surface area contributed by atoms with Gasteiger partial charge in [-0.25, -0.2) is 0 Å². The van der Waals surface area contributed by atoms with Gasteiger partial charge in [0.05, 0.1) is 0 Å². The van der Waals surface area contributed by atoms with E-state index in [2.05, 4.69) is 39.3 Å². The molecule has 0 saturated carbocycles. The lowest BCUT2D eigenvalue weighted by atomic mass is 10.1. The van der Waals surface area contributed by atoms with Crippen molar-refractivity contribution >= 4 is 0 Å². The third-order valence-electron chi connectivity index (χ3n) is 1.31. The molecule has 0 spiro atoms. The van der Waals surface area contributed by atoms with Crippen molar-refractivity contribution in [2.24, 2.45) is 0 Å². The van der Waals surface area contributed by atoms with Gasteiger partial charge in [-0.1, -0.05) is 57.2 Å². The molecule has 0 nitrogen and oxygen atoms in total. The van der Waals surface area contributed by atoms with Crippen molar-refractivity contribution in [3.8, 4) is 0 Å². The Hall–Kier alpha value is -1.04. The van der Waals surface area contributed by atoms with Crippen LogP contribution in [0.3, 0.4) is 0 Å². The third kappa shape index (κ3) is 22.4. The predicted octanol–water partition coefficient (Wildman–Crippen LogP) is 5.30. The van der Waals surface area contributed by atoms with E-state index in [9.17, 15) is 0 Å². The summed E-state index contributed by atoms with van der Waals surface area (Å²) in [4.78, 5) is 0. The average Bonchev–Trinajstić information content (AvgIpc) is 2.23. The quantitative estimate of drug-likeness (QED) is 0.420. The van der Waals surface area contributed by atoms with Gasteiger partial charge < -0.3 is 0 Å². The van der Waals surface area contributed by atoms with Crippen LogP contribution in [0.2, 0.25) is 0 Å². The highest BCUT2D eigenvalue weighted by molar-refractivity contribution is 5.13. The zero-order valence-electron chi connectivity index (χ0n) is 10.4. The van der Waals surface area contributed by atoms with E-state index in [1.165, 1.54) is 5.57 Å². The fourth-order valence-electron chi connectivity index (χ4n) is 0.571. The Morgan fingerprint density at radius 1 is 1.14 bits per heavy atom. The van der Waals surface area contributed by atoms with Crippen LogP contribution in [0.15, 0.2) is 49.6 Å². The second-order valence-corrected chi connectivity index (χ2v) is 2.56. The molecule has 0 aromatic heterocycles. The average molecular weight is 194 g/mol. The largest absolute Gasteiger partial charge is 0.106 e. The maximum atomic E-state index is 3.89. The minimum atomic E-state index is 0.989. The molecule has 14 heavy (non-hydrogen) atoms. The van der Waals surface area contributed by atoms with E-state index in [0.717, 1.165) is 18.4 Å². The lowest BCUT2D eigenvalue weighted by molar-refractivity contribution is 1.04. The minimum absolute atomic E-state index is 0.989. The summed E-state index contributed by atoms with van der Waals surface area (Å²) in [6.45, 7) is 21.8. The van der Waals surface area contributed by atoms with E-state index < -0.39 is 0 Å². The van der Waals surface area contributed by atoms with E-state index in [4.69, 9.17) is 0 Å². The first-order valence-corrected chi connectivity index (χ1v) is 5.15. The second kappa shape index (κ2) is 17.9. The molecule has 82 valence electrons. The van der Waals surface area contributed by atoms with E-state index in [0.29, 0.717) is 0 Å². The van der Waals surface area contributed by atoms with Crippen LogP contribution >= 0.6 is 0 Å². The van der Waals surface area contributed by atoms with Crippen molar-refractivity contribution < 1.29 is 0 Å². The number of rotatable bonds is 4. The van der Waals surface area contributed by atoms with Crippen LogP contribution in [0.4, 0.5) is 0 Å². The van der Waals surface area contributed by atoms with Crippen LogP contribution in [0.1, 0.15) is 40.5 Å². The number of hydrogen-bond donors (Lipinski definition) is 0. The minimum Gasteiger partial charge on any atom is -0.106 e. The zero-order chi connectivity index (χ0) is 12.0. The maximum absolute atomic E-state index is 3.89. The number of allylic oxidation sites excluding steroid dienone is 4. The Balaban J connectivity index is -0.000000266. The number of hydrogen-bond acceptors (Lipinski definition) is 0. The molecule has 0 aliphatic carbocycles. The van der Waals surface area contributed by atoms with Gasteiger partial charge in [-0.2, -0.15) is 0 Å². The Morgan fingerprint density at radius 3 is 1.86 bits per heavy atom. The van der Waals surface area contributed by atoms with Gasteiger partial charge in [-0.15, -0.1) is 13.2 Å². The first-order valence-electron chi connectivity index (χ1n) is 5.15. The lowest BCUT2D eigenvalue weighted by Gasteiger charge is -1.93. The Bertz CT molecular complexity index is 161. The summed E-state index contributed by atoms with van der Waals surface area (Å²) < 4.78 is 0. The Kier molecular flexibility index (Phi) is 23.9. The molecule has 0 aliphatic heterocycles. The van der Waals surface area contributed by atoms with Crippen LogP contribution in [-0.4, -0.2) is 0 Å². The molecule has 0 rings (SSSR count). The van der Waals surface area contributed by atoms with Crippen molar-refractivity contribution in [1.29, 1.82) is 0 Å². The van der Waals surface area contributed by atoms with Gasteiger partial charge in [0.15, 0.2) is 0 Å². The smallest absolute Gasteiger partial charge is 0.0138 e. The van der Waals surface area contributed by atoms with Gasteiger partial charge in [0, 0.05) is 0 Å². The summed E-state index contributed by atoms with van der Waals surface area (Å²) in [6, 6.07) is 0. The van der Waals surface area contributed by atoms with Gasteiger partial charge in [0.25, 0.3) is 0 Å². The molecule has 0 aliphatic rings. The predicted molar refractivity (Wildman–Crippen MR) is 70.6 cm³/mol. The SMILES string of the molecule is C=C.C=C(C)/C=C\CC(=C)CC.CC. The zero-order valence-corrected chi connectivity index (χ0v) is 10.4. The fraction of sp³-hybridized carbons (Fsp3) is 0.429. The van der Waals surface area contributed by atoms with Crippen LogP contribution < -0.4 is 0 Å². The first-order chi connectivity index (χ1) is 6.66. The topological polar surface area (TPSA) is 0 Å². The van der Waals surface area contributed by atoms with Gasteiger partial charge in [-0.05, 0) is 19.8 Å². The molecule has 0 atom stereocenters.